The van der Waals surface area contributed by atoms with Crippen molar-refractivity contribution in [1.29, 1.82) is 0 Å². The van der Waals surface area contributed by atoms with Gasteiger partial charge in [-0.1, -0.05) is 48.0 Å². The van der Waals surface area contributed by atoms with Gasteiger partial charge in [0.15, 0.2) is 21.4 Å². The standard InChI is InChI=1S/C21H16ClN3O4S2/c22-18-7-9-21(30-18)31(28,29)13-16(26)10-14-6-8-19(23-12-14)25-20(27)11-17(24-25)15-4-2-1-3-5-15/h1-9,12H,10-11,13H2. The number of nitrogens with zero attached hydrogens (tertiary/aromatic N) is 3. The molecule has 0 unspecified atom stereocenters. The molecule has 2 aromatic heterocycles. The van der Waals surface area contributed by atoms with Crippen LogP contribution in [0.2, 0.25) is 4.34 Å². The van der Waals surface area contributed by atoms with Gasteiger partial charge in [-0.25, -0.2) is 13.4 Å². The van der Waals surface area contributed by atoms with E-state index in [4.69, 9.17) is 11.6 Å². The number of hydrogen-bond acceptors (Lipinski definition) is 7. The van der Waals surface area contributed by atoms with E-state index in [1.54, 1.807) is 12.1 Å². The van der Waals surface area contributed by atoms with Crippen molar-refractivity contribution in [3.8, 4) is 0 Å². The summed E-state index contributed by atoms with van der Waals surface area (Å²) >= 11 is 6.70. The van der Waals surface area contributed by atoms with Crippen LogP contribution in [-0.2, 0) is 25.8 Å². The normalized spacial score (nSPS) is 14.0. The van der Waals surface area contributed by atoms with Gasteiger partial charge in [0, 0.05) is 12.6 Å². The van der Waals surface area contributed by atoms with Crippen LogP contribution in [0, 0.1) is 0 Å². The van der Waals surface area contributed by atoms with Gasteiger partial charge in [0.1, 0.15) is 9.96 Å². The number of hydrogen-bond donors (Lipinski definition) is 0. The maximum absolute atomic E-state index is 12.4. The highest BCUT2D eigenvalue weighted by Crippen LogP contribution is 2.27. The molecule has 0 radical (unpaired) electrons. The summed E-state index contributed by atoms with van der Waals surface area (Å²) < 4.78 is 25.0. The first kappa shape index (κ1) is 21.4. The molecule has 31 heavy (non-hydrogen) atoms. The number of Topliss-reactive ketones (excluding diaryl/α,β-unsaturated/α-hetero) is 1. The fraction of sp³-hybridized carbons (Fsp3) is 0.143. The number of halogens is 1. The van der Waals surface area contributed by atoms with Crippen LogP contribution < -0.4 is 5.01 Å². The molecule has 3 heterocycles. The predicted molar refractivity (Wildman–Crippen MR) is 119 cm³/mol. The number of anilines is 1. The number of carbonyl (C=O) groups is 2. The van der Waals surface area contributed by atoms with Crippen molar-refractivity contribution in [3.63, 3.8) is 0 Å². The molecule has 1 amide bonds. The van der Waals surface area contributed by atoms with Crippen molar-refractivity contribution in [2.45, 2.75) is 17.1 Å². The highest BCUT2D eigenvalue weighted by molar-refractivity contribution is 7.94. The Bertz CT molecular complexity index is 1270. The fourth-order valence-electron chi connectivity index (χ4n) is 3.07. The largest absolute Gasteiger partial charge is 0.298 e. The molecule has 0 N–H and O–H groups in total. The molecule has 0 bridgehead atoms. The lowest BCUT2D eigenvalue weighted by Crippen LogP contribution is -2.21. The lowest BCUT2D eigenvalue weighted by atomic mass is 10.1. The van der Waals surface area contributed by atoms with Crippen molar-refractivity contribution in [2.24, 2.45) is 5.10 Å². The molecule has 158 valence electrons. The average molecular weight is 474 g/mol. The minimum absolute atomic E-state index is 0.0685. The van der Waals surface area contributed by atoms with Crippen LogP contribution in [0.3, 0.4) is 0 Å². The number of ketones is 1. The molecule has 0 atom stereocenters. The molecule has 0 saturated heterocycles. The van der Waals surface area contributed by atoms with Gasteiger partial charge < -0.3 is 0 Å². The van der Waals surface area contributed by atoms with Crippen LogP contribution in [0.4, 0.5) is 5.82 Å². The Morgan fingerprint density at radius 2 is 1.87 bits per heavy atom. The van der Waals surface area contributed by atoms with Crippen molar-refractivity contribution >= 4 is 56.0 Å². The molecule has 1 aliphatic rings. The van der Waals surface area contributed by atoms with E-state index in [1.807, 2.05) is 30.3 Å². The summed E-state index contributed by atoms with van der Waals surface area (Å²) in [5.41, 5.74) is 2.08. The molecule has 0 aliphatic carbocycles. The maximum Gasteiger partial charge on any atom is 0.254 e. The summed E-state index contributed by atoms with van der Waals surface area (Å²) in [7, 11) is -3.73. The van der Waals surface area contributed by atoms with Crippen LogP contribution >= 0.6 is 22.9 Å². The molecule has 1 aromatic carbocycles. The number of rotatable bonds is 7. The summed E-state index contributed by atoms with van der Waals surface area (Å²) in [6.07, 6.45) is 1.54. The van der Waals surface area contributed by atoms with E-state index in [0.29, 0.717) is 21.4 Å². The summed E-state index contributed by atoms with van der Waals surface area (Å²) in [4.78, 5) is 28.9. The average Bonchev–Trinajstić information content (AvgIpc) is 3.35. The van der Waals surface area contributed by atoms with Gasteiger partial charge >= 0.3 is 0 Å². The van der Waals surface area contributed by atoms with E-state index < -0.39 is 21.4 Å². The third-order valence-corrected chi connectivity index (χ3v) is 8.00. The second kappa shape index (κ2) is 8.70. The zero-order valence-corrected chi connectivity index (χ0v) is 18.5. The molecular formula is C21H16ClN3O4S2. The van der Waals surface area contributed by atoms with Gasteiger partial charge in [0.2, 0.25) is 0 Å². The highest BCUT2D eigenvalue weighted by Gasteiger charge is 2.27. The van der Waals surface area contributed by atoms with Crippen molar-refractivity contribution in [1.82, 2.24) is 4.98 Å². The molecular weight excluding hydrogens is 458 g/mol. The molecule has 0 spiro atoms. The zero-order chi connectivity index (χ0) is 22.0. The second-order valence-corrected chi connectivity index (χ2v) is 10.8. The van der Waals surface area contributed by atoms with Crippen LogP contribution in [0.15, 0.2) is 70.1 Å². The number of thiophene rings is 1. The van der Waals surface area contributed by atoms with Crippen LogP contribution in [0.1, 0.15) is 17.5 Å². The Kier molecular flexibility index (Phi) is 5.99. The fourth-order valence-corrected chi connectivity index (χ4v) is 5.88. The molecule has 10 heteroatoms. The van der Waals surface area contributed by atoms with Gasteiger partial charge in [0.05, 0.1) is 16.5 Å². The Morgan fingerprint density at radius 3 is 2.52 bits per heavy atom. The first-order valence-electron chi connectivity index (χ1n) is 9.22. The smallest absolute Gasteiger partial charge is 0.254 e. The topological polar surface area (TPSA) is 96.8 Å². The third kappa shape index (κ3) is 4.90. The zero-order valence-electron chi connectivity index (χ0n) is 16.1. The molecule has 0 saturated carbocycles. The molecule has 3 aromatic rings. The first-order chi connectivity index (χ1) is 14.8. The minimum atomic E-state index is -3.73. The number of amides is 1. The third-order valence-electron chi connectivity index (χ3n) is 4.52. The van der Waals surface area contributed by atoms with E-state index in [-0.39, 0.29) is 23.0 Å². The van der Waals surface area contributed by atoms with Gasteiger partial charge in [-0.15, -0.1) is 11.3 Å². The number of benzene rings is 1. The molecule has 7 nitrogen and oxygen atoms in total. The number of aromatic nitrogens is 1. The van der Waals surface area contributed by atoms with E-state index in [1.165, 1.54) is 23.3 Å². The lowest BCUT2D eigenvalue weighted by Gasteiger charge is -2.10. The molecule has 0 fully saturated rings. The Labute approximate surface area is 187 Å². The maximum atomic E-state index is 12.4. The van der Waals surface area contributed by atoms with E-state index >= 15 is 0 Å². The van der Waals surface area contributed by atoms with Gasteiger partial charge in [-0.3, -0.25) is 9.59 Å². The van der Waals surface area contributed by atoms with Crippen molar-refractivity contribution in [2.75, 3.05) is 10.8 Å². The van der Waals surface area contributed by atoms with Crippen LogP contribution in [0.25, 0.3) is 0 Å². The van der Waals surface area contributed by atoms with Crippen molar-refractivity contribution < 1.29 is 18.0 Å². The summed E-state index contributed by atoms with van der Waals surface area (Å²) in [6, 6.07) is 15.5. The monoisotopic (exact) mass is 473 g/mol. The minimum Gasteiger partial charge on any atom is -0.298 e. The van der Waals surface area contributed by atoms with Crippen LogP contribution in [0.5, 0.6) is 0 Å². The summed E-state index contributed by atoms with van der Waals surface area (Å²) in [5, 5.41) is 5.60. The number of carbonyl (C=O) groups excluding carboxylic acids is 2. The molecule has 1 aliphatic heterocycles. The van der Waals surface area contributed by atoms with Gasteiger partial charge in [-0.2, -0.15) is 10.1 Å². The number of pyridine rings is 1. The SMILES string of the molecule is O=C(Cc1ccc(N2N=C(c3ccccc3)CC2=O)nc1)CS(=O)(=O)c1ccc(Cl)s1. The Hall–Kier alpha value is -2.88. The van der Waals surface area contributed by atoms with Gasteiger partial charge in [0.25, 0.3) is 5.91 Å². The number of hydrazone groups is 1. The second-order valence-electron chi connectivity index (χ2n) is 6.85. The van der Waals surface area contributed by atoms with Gasteiger partial charge in [-0.05, 0) is 29.3 Å². The summed E-state index contributed by atoms with van der Waals surface area (Å²) in [5.74, 6) is -0.925. The van der Waals surface area contributed by atoms with E-state index in [0.717, 1.165) is 16.9 Å². The molecule has 4 rings (SSSR count). The quantitative estimate of drug-likeness (QED) is 0.523. The lowest BCUT2D eigenvalue weighted by molar-refractivity contribution is -0.117. The Balaban J connectivity index is 1.43. The summed E-state index contributed by atoms with van der Waals surface area (Å²) in [6.45, 7) is 0. The highest BCUT2D eigenvalue weighted by atomic mass is 35.5. The van der Waals surface area contributed by atoms with E-state index in [9.17, 15) is 18.0 Å². The Morgan fingerprint density at radius 1 is 1.10 bits per heavy atom. The van der Waals surface area contributed by atoms with E-state index in [2.05, 4.69) is 10.1 Å². The predicted octanol–water partition coefficient (Wildman–Crippen LogP) is 3.52. The van der Waals surface area contributed by atoms with Crippen LogP contribution in [-0.4, -0.2) is 36.6 Å². The van der Waals surface area contributed by atoms with Crippen molar-refractivity contribution in [3.05, 3.63) is 76.3 Å². The first-order valence-corrected chi connectivity index (χ1v) is 12.1. The number of sulfone groups is 1.